The minimum atomic E-state index is -0.539. The summed E-state index contributed by atoms with van der Waals surface area (Å²) in [6.45, 7) is 6.74. The molecule has 0 unspecified atom stereocenters. The second-order valence-electron chi connectivity index (χ2n) is 5.26. The first-order chi connectivity index (χ1) is 9.50. The zero-order valence-corrected chi connectivity index (χ0v) is 12.7. The number of H-pyrrole nitrogens is 1. The molecule has 0 radical (unpaired) electrons. The average molecular weight is 299 g/mol. The van der Waals surface area contributed by atoms with Crippen molar-refractivity contribution >= 4 is 11.8 Å². The van der Waals surface area contributed by atoms with E-state index < -0.39 is 11.2 Å². The van der Waals surface area contributed by atoms with Crippen molar-refractivity contribution in [2.75, 3.05) is 31.1 Å². The minimum Gasteiger partial charge on any atom is -0.494 e. The van der Waals surface area contributed by atoms with Gasteiger partial charge < -0.3 is 5.11 Å². The van der Waals surface area contributed by atoms with Crippen LogP contribution in [-0.2, 0) is 6.54 Å². The SMILES string of the molecule is CC(C)c1c(O)n(CCN2CCSCC2)c(=O)[nH]c1=O. The third-order valence-electron chi connectivity index (χ3n) is 3.53. The summed E-state index contributed by atoms with van der Waals surface area (Å²) in [5, 5.41) is 10.2. The Morgan fingerprint density at radius 1 is 1.25 bits per heavy atom. The van der Waals surface area contributed by atoms with Crippen LogP contribution in [0.3, 0.4) is 0 Å². The predicted octanol–water partition coefficient (Wildman–Crippen LogP) is 0.414. The molecule has 6 nitrogen and oxygen atoms in total. The molecule has 2 rings (SSSR count). The molecule has 0 atom stereocenters. The van der Waals surface area contributed by atoms with Crippen molar-refractivity contribution in [3.63, 3.8) is 0 Å². The molecule has 1 saturated heterocycles. The molecule has 1 aromatic rings. The van der Waals surface area contributed by atoms with E-state index in [1.54, 1.807) is 0 Å². The molecule has 0 aromatic carbocycles. The number of aromatic amines is 1. The fraction of sp³-hybridized carbons (Fsp3) is 0.692. The van der Waals surface area contributed by atoms with E-state index in [9.17, 15) is 14.7 Å². The van der Waals surface area contributed by atoms with Gasteiger partial charge in [0, 0.05) is 37.7 Å². The molecule has 1 aromatic heterocycles. The lowest BCUT2D eigenvalue weighted by Gasteiger charge is -2.26. The molecule has 2 heterocycles. The molecule has 2 N–H and O–H groups in total. The van der Waals surface area contributed by atoms with Crippen LogP contribution in [0, 0.1) is 0 Å². The van der Waals surface area contributed by atoms with Crippen molar-refractivity contribution in [1.29, 1.82) is 0 Å². The van der Waals surface area contributed by atoms with E-state index >= 15 is 0 Å². The standard InChI is InChI=1S/C13H21N3O3S/c1-9(2)10-11(17)14-13(19)16(12(10)18)4-3-15-5-7-20-8-6-15/h9,18H,3-8H2,1-2H3,(H,14,17,19). The highest BCUT2D eigenvalue weighted by molar-refractivity contribution is 7.99. The molecule has 0 amide bonds. The zero-order chi connectivity index (χ0) is 14.7. The lowest BCUT2D eigenvalue weighted by molar-refractivity contribution is 0.276. The summed E-state index contributed by atoms with van der Waals surface area (Å²) in [7, 11) is 0. The molecule has 0 aliphatic carbocycles. The lowest BCUT2D eigenvalue weighted by atomic mass is 10.1. The van der Waals surface area contributed by atoms with Crippen molar-refractivity contribution in [2.24, 2.45) is 0 Å². The van der Waals surface area contributed by atoms with Gasteiger partial charge in [-0.2, -0.15) is 11.8 Å². The zero-order valence-electron chi connectivity index (χ0n) is 11.9. The molecule has 0 spiro atoms. The van der Waals surface area contributed by atoms with E-state index in [2.05, 4.69) is 9.88 Å². The normalized spacial score (nSPS) is 16.8. The van der Waals surface area contributed by atoms with Gasteiger partial charge in [-0.3, -0.25) is 19.2 Å². The highest BCUT2D eigenvalue weighted by atomic mass is 32.2. The van der Waals surface area contributed by atoms with Crippen LogP contribution in [0.15, 0.2) is 9.59 Å². The maximum atomic E-state index is 11.8. The quantitative estimate of drug-likeness (QED) is 0.842. The van der Waals surface area contributed by atoms with Crippen LogP contribution < -0.4 is 11.2 Å². The number of aromatic hydroxyl groups is 1. The second-order valence-corrected chi connectivity index (χ2v) is 6.48. The number of thioether (sulfide) groups is 1. The molecule has 0 saturated carbocycles. The van der Waals surface area contributed by atoms with Crippen LogP contribution in [0.5, 0.6) is 5.88 Å². The smallest absolute Gasteiger partial charge is 0.331 e. The Bertz CT molecular complexity index is 573. The number of nitrogens with zero attached hydrogens (tertiary/aromatic N) is 2. The number of aromatic nitrogens is 2. The van der Waals surface area contributed by atoms with E-state index in [1.165, 1.54) is 4.57 Å². The van der Waals surface area contributed by atoms with Crippen LogP contribution in [0.2, 0.25) is 0 Å². The Labute approximate surface area is 121 Å². The molecule has 20 heavy (non-hydrogen) atoms. The number of rotatable bonds is 4. The van der Waals surface area contributed by atoms with E-state index in [1.807, 2.05) is 25.6 Å². The van der Waals surface area contributed by atoms with Crippen LogP contribution in [0.4, 0.5) is 0 Å². The van der Waals surface area contributed by atoms with Crippen LogP contribution in [0.25, 0.3) is 0 Å². The molecule has 1 aliphatic rings. The van der Waals surface area contributed by atoms with Gasteiger partial charge in [-0.05, 0) is 5.92 Å². The maximum Gasteiger partial charge on any atom is 0.331 e. The maximum absolute atomic E-state index is 11.8. The van der Waals surface area contributed by atoms with Gasteiger partial charge in [-0.15, -0.1) is 0 Å². The molecule has 1 aliphatic heterocycles. The van der Waals surface area contributed by atoms with E-state index in [0.29, 0.717) is 13.1 Å². The predicted molar refractivity (Wildman–Crippen MR) is 80.8 cm³/mol. The Morgan fingerprint density at radius 3 is 2.50 bits per heavy atom. The van der Waals surface area contributed by atoms with Crippen molar-refractivity contribution in [2.45, 2.75) is 26.3 Å². The second kappa shape index (κ2) is 6.49. The first-order valence-electron chi connectivity index (χ1n) is 6.86. The number of hydrogen-bond acceptors (Lipinski definition) is 5. The molecular weight excluding hydrogens is 278 g/mol. The van der Waals surface area contributed by atoms with Gasteiger partial charge in [0.2, 0.25) is 5.88 Å². The summed E-state index contributed by atoms with van der Waals surface area (Å²) in [6, 6.07) is 0. The highest BCUT2D eigenvalue weighted by Gasteiger charge is 2.18. The van der Waals surface area contributed by atoms with Crippen molar-refractivity contribution in [1.82, 2.24) is 14.5 Å². The summed E-state index contributed by atoms with van der Waals surface area (Å²) >= 11 is 1.93. The van der Waals surface area contributed by atoms with Crippen molar-refractivity contribution in [3.8, 4) is 5.88 Å². The van der Waals surface area contributed by atoms with Gasteiger partial charge in [-0.1, -0.05) is 13.8 Å². The van der Waals surface area contributed by atoms with E-state index in [4.69, 9.17) is 0 Å². The Hall–Kier alpha value is -1.21. The van der Waals surface area contributed by atoms with Crippen LogP contribution >= 0.6 is 11.8 Å². The Morgan fingerprint density at radius 2 is 1.90 bits per heavy atom. The monoisotopic (exact) mass is 299 g/mol. The molecule has 112 valence electrons. The third kappa shape index (κ3) is 3.27. The summed E-state index contributed by atoms with van der Waals surface area (Å²) in [6.07, 6.45) is 0. The van der Waals surface area contributed by atoms with Crippen molar-refractivity contribution < 1.29 is 5.11 Å². The van der Waals surface area contributed by atoms with Crippen LogP contribution in [-0.4, -0.2) is 50.7 Å². The lowest BCUT2D eigenvalue weighted by Crippen LogP contribution is -2.39. The fourth-order valence-electron chi connectivity index (χ4n) is 2.37. The molecule has 7 heteroatoms. The van der Waals surface area contributed by atoms with E-state index in [-0.39, 0.29) is 17.4 Å². The molecule has 0 bridgehead atoms. The summed E-state index contributed by atoms with van der Waals surface area (Å²) in [5.41, 5.74) is -0.754. The minimum absolute atomic E-state index is 0.128. The van der Waals surface area contributed by atoms with Gasteiger partial charge in [-0.25, -0.2) is 4.79 Å². The molecule has 1 fully saturated rings. The summed E-state index contributed by atoms with van der Waals surface area (Å²) in [4.78, 5) is 28.1. The third-order valence-corrected chi connectivity index (χ3v) is 4.47. The number of nitrogens with one attached hydrogen (secondary N) is 1. The van der Waals surface area contributed by atoms with Gasteiger partial charge in [0.1, 0.15) is 0 Å². The van der Waals surface area contributed by atoms with Gasteiger partial charge in [0.25, 0.3) is 5.56 Å². The van der Waals surface area contributed by atoms with Crippen LogP contribution in [0.1, 0.15) is 25.3 Å². The van der Waals surface area contributed by atoms with Gasteiger partial charge >= 0.3 is 5.69 Å². The Kier molecular flexibility index (Phi) is 4.93. The van der Waals surface area contributed by atoms with Gasteiger partial charge in [0.15, 0.2) is 0 Å². The van der Waals surface area contributed by atoms with E-state index in [0.717, 1.165) is 24.6 Å². The fourth-order valence-corrected chi connectivity index (χ4v) is 3.35. The van der Waals surface area contributed by atoms with Crippen molar-refractivity contribution in [3.05, 3.63) is 26.4 Å². The Balaban J connectivity index is 2.20. The average Bonchev–Trinajstić information content (AvgIpc) is 2.38. The highest BCUT2D eigenvalue weighted by Crippen LogP contribution is 2.19. The van der Waals surface area contributed by atoms with Gasteiger partial charge in [0.05, 0.1) is 5.56 Å². The summed E-state index contributed by atoms with van der Waals surface area (Å²) in [5.74, 6) is 1.88. The largest absolute Gasteiger partial charge is 0.494 e. The number of hydrogen-bond donors (Lipinski definition) is 2. The molecular formula is C13H21N3O3S. The first-order valence-corrected chi connectivity index (χ1v) is 8.02. The topological polar surface area (TPSA) is 78.3 Å². The summed E-state index contributed by atoms with van der Waals surface area (Å²) < 4.78 is 1.26. The first kappa shape index (κ1) is 15.2.